The van der Waals surface area contributed by atoms with Crippen molar-refractivity contribution in [3.8, 4) is 0 Å². The number of hydrogen-bond donors (Lipinski definition) is 1. The van der Waals surface area contributed by atoms with Gasteiger partial charge in [-0.05, 0) is 42.0 Å². The Morgan fingerprint density at radius 3 is 2.32 bits per heavy atom. The van der Waals surface area contributed by atoms with E-state index in [4.69, 9.17) is 27.9 Å². The molecule has 3 aromatic carbocycles. The number of carbonyl (C=O) groups is 2. The number of anilines is 2. The van der Waals surface area contributed by atoms with Crippen molar-refractivity contribution in [3.63, 3.8) is 0 Å². The molecule has 0 atom stereocenters. The average Bonchev–Trinajstić information content (AvgIpc) is 2.89. The molecular weight excluding hydrogens is 537 g/mol. The quantitative estimate of drug-likeness (QED) is 0.451. The highest BCUT2D eigenvalue weighted by atomic mass is 35.5. The lowest BCUT2D eigenvalue weighted by Gasteiger charge is -2.27. The van der Waals surface area contributed by atoms with Gasteiger partial charge < -0.3 is 15.0 Å². The van der Waals surface area contributed by atoms with E-state index in [0.29, 0.717) is 48.7 Å². The molecule has 194 valence electrons. The third-order valence-electron chi connectivity index (χ3n) is 5.85. The van der Waals surface area contributed by atoms with E-state index in [9.17, 15) is 18.0 Å². The first-order chi connectivity index (χ1) is 17.6. The van der Waals surface area contributed by atoms with Gasteiger partial charge in [-0.3, -0.25) is 13.9 Å². The maximum atomic E-state index is 13.0. The molecule has 0 bridgehead atoms. The molecule has 0 spiro atoms. The Hall–Kier alpha value is -3.11. The third-order valence-corrected chi connectivity index (χ3v) is 7.78. The second-order valence-electron chi connectivity index (χ2n) is 8.44. The zero-order chi connectivity index (χ0) is 26.6. The van der Waals surface area contributed by atoms with Crippen LogP contribution in [0.25, 0.3) is 0 Å². The zero-order valence-electron chi connectivity index (χ0n) is 20.0. The summed E-state index contributed by atoms with van der Waals surface area (Å²) in [7, 11) is -3.68. The number of halogens is 2. The fourth-order valence-corrected chi connectivity index (χ4v) is 5.24. The Balaban J connectivity index is 1.50. The highest BCUT2D eigenvalue weighted by Gasteiger charge is 2.23. The van der Waals surface area contributed by atoms with Gasteiger partial charge in [-0.1, -0.05) is 53.5 Å². The first-order valence-corrected chi connectivity index (χ1v) is 14.0. The van der Waals surface area contributed by atoms with Gasteiger partial charge in [0.05, 0.1) is 53.0 Å². The van der Waals surface area contributed by atoms with Crippen molar-refractivity contribution >= 4 is 56.4 Å². The van der Waals surface area contributed by atoms with Crippen LogP contribution in [-0.2, 0) is 21.3 Å². The van der Waals surface area contributed by atoms with E-state index in [1.807, 2.05) is 0 Å². The van der Waals surface area contributed by atoms with Gasteiger partial charge in [0, 0.05) is 18.7 Å². The first kappa shape index (κ1) is 26.9. The lowest BCUT2D eigenvalue weighted by atomic mass is 10.1. The Kier molecular flexibility index (Phi) is 8.39. The summed E-state index contributed by atoms with van der Waals surface area (Å²) in [4.78, 5) is 27.6. The lowest BCUT2D eigenvalue weighted by Crippen LogP contribution is -2.41. The summed E-state index contributed by atoms with van der Waals surface area (Å²) in [6, 6.07) is 18.1. The minimum atomic E-state index is -3.68. The summed E-state index contributed by atoms with van der Waals surface area (Å²) in [5, 5.41) is 3.19. The number of nitrogens with one attached hydrogen (secondary N) is 1. The van der Waals surface area contributed by atoms with Crippen LogP contribution in [0.15, 0.2) is 66.7 Å². The van der Waals surface area contributed by atoms with E-state index in [2.05, 4.69) is 5.32 Å². The Bertz CT molecular complexity index is 1410. The van der Waals surface area contributed by atoms with Gasteiger partial charge in [-0.15, -0.1) is 0 Å². The predicted molar refractivity (Wildman–Crippen MR) is 145 cm³/mol. The summed E-state index contributed by atoms with van der Waals surface area (Å²) in [5.41, 5.74) is 2.06. The van der Waals surface area contributed by atoms with E-state index >= 15 is 0 Å². The molecule has 37 heavy (non-hydrogen) atoms. The fourth-order valence-electron chi connectivity index (χ4n) is 3.90. The van der Waals surface area contributed by atoms with Crippen molar-refractivity contribution in [1.82, 2.24) is 4.90 Å². The van der Waals surface area contributed by atoms with Crippen molar-refractivity contribution in [2.45, 2.75) is 6.54 Å². The maximum Gasteiger partial charge on any atom is 0.256 e. The van der Waals surface area contributed by atoms with E-state index < -0.39 is 15.9 Å². The molecule has 1 aliphatic heterocycles. The Labute approximate surface area is 225 Å². The van der Waals surface area contributed by atoms with Crippen LogP contribution in [0.5, 0.6) is 0 Å². The molecule has 0 unspecified atom stereocenters. The van der Waals surface area contributed by atoms with Crippen LogP contribution in [0.4, 0.5) is 11.4 Å². The van der Waals surface area contributed by atoms with Crippen molar-refractivity contribution in [2.24, 2.45) is 0 Å². The third kappa shape index (κ3) is 6.42. The van der Waals surface area contributed by atoms with Crippen molar-refractivity contribution < 1.29 is 22.7 Å². The normalized spacial score (nSPS) is 13.8. The molecule has 1 N–H and O–H groups in total. The van der Waals surface area contributed by atoms with Crippen LogP contribution in [0.1, 0.15) is 26.3 Å². The molecular formula is C26H25Cl2N3O5S. The number of morpholine rings is 1. The minimum absolute atomic E-state index is 0.00230. The van der Waals surface area contributed by atoms with Crippen molar-refractivity contribution in [1.29, 1.82) is 0 Å². The SMILES string of the molecule is CS(=O)(=O)N(Cc1ccc(C(=O)Nc2ccccc2C(=O)N2CCOCC2)cc1)c1cccc(Cl)c1Cl. The number of sulfonamides is 1. The molecule has 4 rings (SSSR count). The number of hydrogen-bond acceptors (Lipinski definition) is 5. The fraction of sp³-hybridized carbons (Fsp3) is 0.231. The zero-order valence-corrected chi connectivity index (χ0v) is 22.3. The van der Waals surface area contributed by atoms with E-state index in [1.54, 1.807) is 71.6 Å². The first-order valence-electron chi connectivity index (χ1n) is 11.4. The maximum absolute atomic E-state index is 13.0. The van der Waals surface area contributed by atoms with Gasteiger partial charge in [-0.25, -0.2) is 8.42 Å². The van der Waals surface area contributed by atoms with Crippen LogP contribution in [0.2, 0.25) is 10.0 Å². The number of rotatable bonds is 7. The van der Waals surface area contributed by atoms with E-state index in [-0.39, 0.29) is 28.2 Å². The molecule has 1 saturated heterocycles. The standard InChI is InChI=1S/C26H25Cl2N3O5S/c1-37(34,35)31(23-8-4-6-21(27)24(23)28)17-18-9-11-19(12-10-18)25(32)29-22-7-3-2-5-20(22)26(33)30-13-15-36-16-14-30/h2-12H,13-17H2,1H3,(H,29,32). The molecule has 0 aliphatic carbocycles. The number of benzene rings is 3. The van der Waals surface area contributed by atoms with Crippen LogP contribution in [-0.4, -0.2) is 57.7 Å². The van der Waals surface area contributed by atoms with Crippen LogP contribution >= 0.6 is 23.2 Å². The largest absolute Gasteiger partial charge is 0.378 e. The van der Waals surface area contributed by atoms with Gasteiger partial charge in [0.15, 0.2) is 0 Å². The molecule has 8 nitrogen and oxygen atoms in total. The van der Waals surface area contributed by atoms with Gasteiger partial charge in [0.1, 0.15) is 0 Å². The molecule has 0 radical (unpaired) electrons. The number of nitrogens with zero attached hydrogens (tertiary/aromatic N) is 2. The Morgan fingerprint density at radius 1 is 0.973 bits per heavy atom. The smallest absolute Gasteiger partial charge is 0.256 e. The molecule has 11 heteroatoms. The number of carbonyl (C=O) groups excluding carboxylic acids is 2. The summed E-state index contributed by atoms with van der Waals surface area (Å²) in [6.45, 7) is 1.94. The number of ether oxygens (including phenoxy) is 1. The molecule has 1 aliphatic rings. The van der Waals surface area contributed by atoms with Crippen LogP contribution < -0.4 is 9.62 Å². The summed E-state index contributed by atoms with van der Waals surface area (Å²) < 4.78 is 31.5. The number of amides is 2. The molecule has 0 aromatic heterocycles. The van der Waals surface area contributed by atoms with Gasteiger partial charge in [0.2, 0.25) is 10.0 Å². The molecule has 0 saturated carbocycles. The van der Waals surface area contributed by atoms with Crippen molar-refractivity contribution in [2.75, 3.05) is 42.2 Å². The summed E-state index contributed by atoms with van der Waals surface area (Å²) >= 11 is 12.3. The van der Waals surface area contributed by atoms with Crippen LogP contribution in [0, 0.1) is 0 Å². The van der Waals surface area contributed by atoms with E-state index in [1.165, 1.54) is 0 Å². The van der Waals surface area contributed by atoms with Gasteiger partial charge >= 0.3 is 0 Å². The molecule has 3 aromatic rings. The predicted octanol–water partition coefficient (Wildman–Crippen LogP) is 4.68. The van der Waals surface area contributed by atoms with Gasteiger partial charge in [-0.2, -0.15) is 0 Å². The monoisotopic (exact) mass is 561 g/mol. The second-order valence-corrected chi connectivity index (χ2v) is 11.1. The molecule has 1 heterocycles. The highest BCUT2D eigenvalue weighted by Crippen LogP contribution is 2.34. The number of para-hydroxylation sites is 1. The second kappa shape index (κ2) is 11.5. The van der Waals surface area contributed by atoms with E-state index in [0.717, 1.165) is 10.6 Å². The summed E-state index contributed by atoms with van der Waals surface area (Å²) in [5.74, 6) is -0.568. The minimum Gasteiger partial charge on any atom is -0.378 e. The highest BCUT2D eigenvalue weighted by molar-refractivity contribution is 7.92. The Morgan fingerprint density at radius 2 is 1.65 bits per heavy atom. The lowest BCUT2D eigenvalue weighted by molar-refractivity contribution is 0.0303. The van der Waals surface area contributed by atoms with Crippen molar-refractivity contribution in [3.05, 3.63) is 93.5 Å². The topological polar surface area (TPSA) is 96.0 Å². The van der Waals surface area contributed by atoms with Gasteiger partial charge in [0.25, 0.3) is 11.8 Å². The average molecular weight is 562 g/mol. The van der Waals surface area contributed by atoms with Crippen LogP contribution in [0.3, 0.4) is 0 Å². The summed E-state index contributed by atoms with van der Waals surface area (Å²) in [6.07, 6.45) is 1.09. The molecule has 2 amide bonds. The molecule has 1 fully saturated rings.